The Kier molecular flexibility index (Phi) is 3.22. The van der Waals surface area contributed by atoms with Crippen LogP contribution in [0.15, 0.2) is 36.4 Å². The minimum absolute atomic E-state index is 0.0705. The molecule has 1 N–H and O–H groups in total. The number of rotatable bonds is 8. The number of carbonyl (C=O) groups excluding carboxylic acids is 3. The van der Waals surface area contributed by atoms with Gasteiger partial charge in [0.05, 0.1) is 49.0 Å². The fourth-order valence-electron chi connectivity index (χ4n) is 3.16. The van der Waals surface area contributed by atoms with Gasteiger partial charge < -0.3 is 14.8 Å². The first-order chi connectivity index (χ1) is 20.1. The molecule has 2 aromatic rings. The van der Waals surface area contributed by atoms with Crippen LogP contribution in [-0.2, 0) is 14.6 Å². The SMILES string of the molecule is [2H]C([2H])([2H])Oc1ccc([C@H](N2C(=O)c3cccc(NC(C)=O)c3C2=O)C([2H])([2H])S(=O)(=O)C([2H])([2H])[2H])cc1OC([2H])([2H])C([2H])([2H])[2H]. The van der Waals surface area contributed by atoms with Crippen LogP contribution in [0.1, 0.15) is 63.9 Å². The number of benzene rings is 2. The third-order valence-corrected chi connectivity index (χ3v) is 4.87. The number of carbonyl (C=O) groups is 3. The number of nitrogens with one attached hydrogen (secondary N) is 1. The van der Waals surface area contributed by atoms with Crippen molar-refractivity contribution in [3.05, 3.63) is 53.1 Å². The molecule has 3 amide bonds. The highest BCUT2D eigenvalue weighted by atomic mass is 32.2. The quantitative estimate of drug-likeness (QED) is 0.585. The Labute approximate surface area is 204 Å². The summed E-state index contributed by atoms with van der Waals surface area (Å²) in [6.45, 7) is -6.01. The number of ether oxygens (including phenoxy) is 2. The van der Waals surface area contributed by atoms with Gasteiger partial charge in [0, 0.05) is 24.1 Å². The highest BCUT2D eigenvalue weighted by Crippen LogP contribution is 2.38. The van der Waals surface area contributed by atoms with Crippen molar-refractivity contribution in [1.29, 1.82) is 0 Å². The highest BCUT2D eigenvalue weighted by Gasteiger charge is 2.43. The summed E-state index contributed by atoms with van der Waals surface area (Å²) in [5.41, 5.74) is -5.99. The van der Waals surface area contributed by atoms with Crippen molar-refractivity contribution in [1.82, 2.24) is 4.90 Å². The fraction of sp³-hybridized carbons (Fsp3) is 0.318. The summed E-state index contributed by atoms with van der Waals surface area (Å²) < 4.78 is 135. The molecular weight excluding hydrogens is 436 g/mol. The molecule has 170 valence electrons. The van der Waals surface area contributed by atoms with E-state index in [1.54, 1.807) is 0 Å². The number of amides is 3. The molecule has 0 saturated heterocycles. The van der Waals surface area contributed by atoms with Crippen molar-refractivity contribution in [2.45, 2.75) is 19.8 Å². The summed E-state index contributed by atoms with van der Waals surface area (Å²) in [4.78, 5) is 39.1. The summed E-state index contributed by atoms with van der Waals surface area (Å²) in [5.74, 6) is -5.29. The van der Waals surface area contributed by atoms with Crippen molar-refractivity contribution in [3.8, 4) is 11.5 Å². The summed E-state index contributed by atoms with van der Waals surface area (Å²) in [5, 5.41) is 2.30. The normalized spacial score (nSPS) is 22.3. The van der Waals surface area contributed by atoms with Crippen LogP contribution in [0, 0.1) is 0 Å². The second-order valence-corrected chi connectivity index (χ2v) is 7.67. The maximum atomic E-state index is 13.7. The Bertz CT molecular complexity index is 1650. The average molecular weight is 474 g/mol. The van der Waals surface area contributed by atoms with E-state index in [1.807, 2.05) is 0 Å². The summed E-state index contributed by atoms with van der Waals surface area (Å²) in [6, 6.07) is 2.78. The lowest BCUT2D eigenvalue weighted by Crippen LogP contribution is -2.37. The lowest BCUT2D eigenvalue weighted by Gasteiger charge is -2.27. The van der Waals surface area contributed by atoms with E-state index < -0.39 is 94.1 Å². The Balaban J connectivity index is 2.38. The molecule has 9 nitrogen and oxygen atoms in total. The first-order valence-corrected chi connectivity index (χ1v) is 10.2. The maximum Gasteiger partial charge on any atom is 0.264 e. The zero-order chi connectivity index (χ0) is 34.7. The molecule has 1 aliphatic rings. The van der Waals surface area contributed by atoms with Crippen LogP contribution >= 0.6 is 0 Å². The number of hydrogen-bond acceptors (Lipinski definition) is 7. The van der Waals surface area contributed by atoms with E-state index in [9.17, 15) is 22.8 Å². The van der Waals surface area contributed by atoms with Crippen LogP contribution in [0.3, 0.4) is 0 Å². The topological polar surface area (TPSA) is 119 Å². The van der Waals surface area contributed by atoms with Crippen molar-refractivity contribution in [2.24, 2.45) is 0 Å². The molecule has 3 rings (SSSR count). The van der Waals surface area contributed by atoms with Gasteiger partial charge in [-0.15, -0.1) is 0 Å². The summed E-state index contributed by atoms with van der Waals surface area (Å²) in [6.07, 6.45) is -4.06. The van der Waals surface area contributed by atoms with Gasteiger partial charge >= 0.3 is 0 Å². The van der Waals surface area contributed by atoms with Gasteiger partial charge in [-0.2, -0.15) is 0 Å². The Morgan fingerprint density at radius 1 is 1.22 bits per heavy atom. The smallest absolute Gasteiger partial charge is 0.264 e. The molecule has 1 atom stereocenters. The fourth-order valence-corrected chi connectivity index (χ4v) is 3.70. The number of sulfone groups is 1. The molecule has 0 fully saturated rings. The third-order valence-electron chi connectivity index (χ3n) is 4.34. The molecular formula is C22H24N2O7S. The van der Waals surface area contributed by atoms with Gasteiger partial charge in [-0.05, 0) is 36.7 Å². The lowest BCUT2D eigenvalue weighted by atomic mass is 10.1. The molecule has 0 unspecified atom stereocenters. The van der Waals surface area contributed by atoms with Gasteiger partial charge in [0.1, 0.15) is 9.84 Å². The van der Waals surface area contributed by atoms with Crippen LogP contribution in [0.2, 0.25) is 0 Å². The van der Waals surface area contributed by atoms with Gasteiger partial charge in [-0.1, -0.05) is 12.1 Å². The van der Waals surface area contributed by atoms with Crippen LogP contribution in [0.5, 0.6) is 11.5 Å². The molecule has 10 heteroatoms. The van der Waals surface area contributed by atoms with E-state index in [4.69, 9.17) is 27.3 Å². The van der Waals surface area contributed by atoms with Gasteiger partial charge in [-0.25, -0.2) is 8.42 Å². The highest BCUT2D eigenvalue weighted by molar-refractivity contribution is 7.90. The molecule has 0 aliphatic carbocycles. The molecule has 0 radical (unpaired) electrons. The van der Waals surface area contributed by atoms with Crippen molar-refractivity contribution >= 4 is 33.2 Å². The summed E-state index contributed by atoms with van der Waals surface area (Å²) >= 11 is 0. The van der Waals surface area contributed by atoms with E-state index in [2.05, 4.69) is 5.32 Å². The average Bonchev–Trinajstić information content (AvgIpc) is 3.08. The van der Waals surface area contributed by atoms with Crippen LogP contribution in [0.25, 0.3) is 0 Å². The van der Waals surface area contributed by atoms with Gasteiger partial charge in [0.2, 0.25) is 5.91 Å². The second-order valence-electron chi connectivity index (χ2n) is 6.43. The first-order valence-electron chi connectivity index (χ1n) is 15.2. The zero-order valence-electron chi connectivity index (χ0n) is 29.3. The molecule has 0 bridgehead atoms. The van der Waals surface area contributed by atoms with Gasteiger partial charge in [0.25, 0.3) is 11.8 Å². The molecule has 0 spiro atoms. The van der Waals surface area contributed by atoms with Crippen LogP contribution < -0.4 is 14.8 Å². The van der Waals surface area contributed by atoms with Gasteiger partial charge in [-0.3, -0.25) is 19.3 Å². The number of anilines is 1. The lowest BCUT2D eigenvalue weighted by molar-refractivity contribution is -0.114. The van der Waals surface area contributed by atoms with E-state index in [0.717, 1.165) is 19.1 Å². The molecule has 1 aliphatic heterocycles. The Morgan fingerprint density at radius 3 is 2.72 bits per heavy atom. The van der Waals surface area contributed by atoms with Crippen molar-refractivity contribution in [2.75, 3.05) is 30.8 Å². The number of methoxy groups -OCH3 is 1. The third kappa shape index (κ3) is 4.59. The Hall–Kier alpha value is -3.40. The predicted octanol–water partition coefficient (Wildman–Crippen LogP) is 2.43. The van der Waals surface area contributed by atoms with Crippen LogP contribution in [0.4, 0.5) is 5.69 Å². The molecule has 32 heavy (non-hydrogen) atoms. The van der Waals surface area contributed by atoms with E-state index in [0.29, 0.717) is 12.1 Å². The minimum atomic E-state index is -5.94. The number of nitrogens with zero attached hydrogens (tertiary/aromatic N) is 1. The predicted molar refractivity (Wildman–Crippen MR) is 118 cm³/mol. The summed E-state index contributed by atoms with van der Waals surface area (Å²) in [7, 11) is -9.19. The monoisotopic (exact) mass is 473 g/mol. The van der Waals surface area contributed by atoms with E-state index in [-0.39, 0.29) is 10.6 Å². The van der Waals surface area contributed by atoms with Crippen molar-refractivity contribution in [3.63, 3.8) is 0 Å². The van der Waals surface area contributed by atoms with Gasteiger partial charge in [0.15, 0.2) is 11.5 Å². The number of hydrogen-bond donors (Lipinski definition) is 1. The molecule has 2 aromatic carbocycles. The van der Waals surface area contributed by atoms with E-state index in [1.165, 1.54) is 12.1 Å². The minimum Gasteiger partial charge on any atom is -0.493 e. The van der Waals surface area contributed by atoms with E-state index >= 15 is 0 Å². The van der Waals surface area contributed by atoms with Crippen LogP contribution in [-0.4, -0.2) is 56.5 Å². The number of imide groups is 1. The Morgan fingerprint density at radius 2 is 2.03 bits per heavy atom. The standard InChI is InChI=1S/C22H24N2O7S/c1-5-31-19-11-14(9-10-18(19)30-3)17(12-32(4,28)29)24-21(26)15-7-6-8-16(23-13(2)25)20(15)22(24)27/h6-11,17H,5,12H2,1-4H3,(H,23,25)/t17-/m1/s1/i1D3,3D3,4D3,5D2,12D2. The molecule has 0 saturated carbocycles. The molecule has 0 aromatic heterocycles. The largest absolute Gasteiger partial charge is 0.493 e. The molecule has 1 heterocycles. The van der Waals surface area contributed by atoms with Crippen molar-refractivity contribution < 1.29 is 50.1 Å². The number of fused-ring (bicyclic) bond motifs is 1. The second kappa shape index (κ2) is 8.99. The maximum absolute atomic E-state index is 13.7. The first kappa shape index (κ1) is 11.5. The zero-order valence-corrected chi connectivity index (χ0v) is 17.1.